The number of anilines is 1. The summed E-state index contributed by atoms with van der Waals surface area (Å²) in [5.41, 5.74) is 2.27. The van der Waals surface area contributed by atoms with Gasteiger partial charge in [-0.2, -0.15) is 0 Å². The van der Waals surface area contributed by atoms with Gasteiger partial charge in [0.1, 0.15) is 11.6 Å². The number of methoxy groups -OCH3 is 1. The van der Waals surface area contributed by atoms with Gasteiger partial charge in [0.25, 0.3) is 11.8 Å². The van der Waals surface area contributed by atoms with E-state index in [2.05, 4.69) is 10.6 Å². The number of hydrogen-bond acceptors (Lipinski definition) is 3. The molecular weight excluding hydrogens is 359 g/mol. The van der Waals surface area contributed by atoms with Gasteiger partial charge in [-0.25, -0.2) is 4.39 Å². The molecule has 0 saturated carbocycles. The van der Waals surface area contributed by atoms with Gasteiger partial charge in [0.05, 0.1) is 7.11 Å². The average molecular weight is 378 g/mol. The van der Waals surface area contributed by atoms with Crippen molar-refractivity contribution in [3.05, 3.63) is 95.3 Å². The monoisotopic (exact) mass is 378 g/mol. The molecule has 0 saturated heterocycles. The van der Waals surface area contributed by atoms with Gasteiger partial charge in [-0.05, 0) is 54.1 Å². The molecule has 0 atom stereocenters. The zero-order valence-corrected chi connectivity index (χ0v) is 15.2. The lowest BCUT2D eigenvalue weighted by atomic mass is 10.1. The van der Waals surface area contributed by atoms with Crippen molar-refractivity contribution in [2.24, 2.45) is 0 Å². The van der Waals surface area contributed by atoms with Crippen LogP contribution in [0.3, 0.4) is 0 Å². The van der Waals surface area contributed by atoms with Crippen molar-refractivity contribution in [1.82, 2.24) is 5.32 Å². The highest BCUT2D eigenvalue weighted by Gasteiger charge is 2.10. The molecule has 0 unspecified atom stereocenters. The van der Waals surface area contributed by atoms with E-state index < -0.39 is 0 Å². The first-order valence-electron chi connectivity index (χ1n) is 8.63. The second-order valence-corrected chi connectivity index (χ2v) is 6.07. The van der Waals surface area contributed by atoms with Crippen molar-refractivity contribution in [3.8, 4) is 5.75 Å². The lowest BCUT2D eigenvalue weighted by Gasteiger charge is -2.08. The molecule has 3 aromatic rings. The SMILES string of the molecule is COc1cccc(NC(=O)c2ccc(C(=O)NCc3ccc(F)cc3)cc2)c1. The van der Waals surface area contributed by atoms with Gasteiger partial charge in [-0.15, -0.1) is 0 Å². The molecule has 0 bridgehead atoms. The molecule has 3 rings (SSSR count). The highest BCUT2D eigenvalue weighted by molar-refractivity contribution is 6.05. The standard InChI is InChI=1S/C22H19FN2O3/c1-28-20-4-2-3-19(13-20)25-22(27)17-9-7-16(8-10-17)21(26)24-14-15-5-11-18(23)12-6-15/h2-13H,14H2,1H3,(H,24,26)(H,25,27). The molecule has 0 aromatic heterocycles. The Labute approximate surface area is 162 Å². The first-order valence-corrected chi connectivity index (χ1v) is 8.63. The predicted octanol–water partition coefficient (Wildman–Crippen LogP) is 4.02. The molecule has 0 aliphatic rings. The topological polar surface area (TPSA) is 67.4 Å². The Hall–Kier alpha value is -3.67. The van der Waals surface area contributed by atoms with Crippen molar-refractivity contribution in [1.29, 1.82) is 0 Å². The number of halogens is 1. The molecule has 0 spiro atoms. The lowest BCUT2D eigenvalue weighted by molar-refractivity contribution is 0.0949. The third kappa shape index (κ3) is 4.94. The van der Waals surface area contributed by atoms with E-state index in [1.54, 1.807) is 67.8 Å². The molecule has 0 fully saturated rings. The fourth-order valence-electron chi connectivity index (χ4n) is 2.56. The Balaban J connectivity index is 1.59. The molecule has 142 valence electrons. The van der Waals surface area contributed by atoms with Crippen LogP contribution in [0, 0.1) is 5.82 Å². The van der Waals surface area contributed by atoms with E-state index >= 15 is 0 Å². The maximum atomic E-state index is 12.9. The van der Waals surface area contributed by atoms with Crippen LogP contribution in [-0.4, -0.2) is 18.9 Å². The lowest BCUT2D eigenvalue weighted by Crippen LogP contribution is -2.23. The largest absolute Gasteiger partial charge is 0.497 e. The number of rotatable bonds is 6. The van der Waals surface area contributed by atoms with Crippen LogP contribution in [0.5, 0.6) is 5.75 Å². The van der Waals surface area contributed by atoms with Crippen molar-refractivity contribution >= 4 is 17.5 Å². The van der Waals surface area contributed by atoms with Crippen molar-refractivity contribution < 1.29 is 18.7 Å². The third-order valence-electron chi connectivity index (χ3n) is 4.10. The molecule has 0 aliphatic carbocycles. The Morgan fingerprint density at radius 3 is 2.18 bits per heavy atom. The quantitative estimate of drug-likeness (QED) is 0.681. The minimum absolute atomic E-state index is 0.274. The van der Waals surface area contributed by atoms with E-state index in [4.69, 9.17) is 4.74 Å². The predicted molar refractivity (Wildman–Crippen MR) is 105 cm³/mol. The Bertz CT molecular complexity index is 970. The average Bonchev–Trinajstić information content (AvgIpc) is 2.73. The Kier molecular flexibility index (Phi) is 6.01. The molecule has 3 aromatic carbocycles. The molecule has 28 heavy (non-hydrogen) atoms. The van der Waals surface area contributed by atoms with E-state index in [-0.39, 0.29) is 24.2 Å². The number of nitrogens with one attached hydrogen (secondary N) is 2. The smallest absolute Gasteiger partial charge is 0.255 e. The van der Waals surface area contributed by atoms with Crippen LogP contribution in [0.2, 0.25) is 0 Å². The molecule has 0 radical (unpaired) electrons. The number of amides is 2. The summed E-state index contributed by atoms with van der Waals surface area (Å²) in [5.74, 6) is -0.237. The van der Waals surface area contributed by atoms with Crippen LogP contribution in [0.25, 0.3) is 0 Å². The summed E-state index contributed by atoms with van der Waals surface area (Å²) in [5, 5.41) is 5.54. The zero-order valence-electron chi connectivity index (χ0n) is 15.2. The first kappa shape index (κ1) is 19.1. The van der Waals surface area contributed by atoms with Crippen molar-refractivity contribution in [2.75, 3.05) is 12.4 Å². The maximum Gasteiger partial charge on any atom is 0.255 e. The third-order valence-corrected chi connectivity index (χ3v) is 4.10. The normalized spacial score (nSPS) is 10.2. The second kappa shape index (κ2) is 8.81. The minimum Gasteiger partial charge on any atom is -0.497 e. The Morgan fingerprint density at radius 1 is 0.893 bits per heavy atom. The summed E-state index contributed by atoms with van der Waals surface area (Å²) in [6.45, 7) is 0.289. The summed E-state index contributed by atoms with van der Waals surface area (Å²) in [6, 6.07) is 19.3. The van der Waals surface area contributed by atoms with Crippen LogP contribution in [0.15, 0.2) is 72.8 Å². The highest BCUT2D eigenvalue weighted by Crippen LogP contribution is 2.17. The van der Waals surface area contributed by atoms with Gasteiger partial charge in [-0.3, -0.25) is 9.59 Å². The number of hydrogen-bond donors (Lipinski definition) is 2. The number of benzene rings is 3. The number of carbonyl (C=O) groups is 2. The van der Waals surface area contributed by atoms with E-state index in [1.807, 2.05) is 0 Å². The second-order valence-electron chi connectivity index (χ2n) is 6.07. The van der Waals surface area contributed by atoms with Gasteiger partial charge in [0, 0.05) is 29.4 Å². The van der Waals surface area contributed by atoms with E-state index in [0.29, 0.717) is 22.6 Å². The molecule has 6 heteroatoms. The van der Waals surface area contributed by atoms with Gasteiger partial charge in [-0.1, -0.05) is 18.2 Å². The molecule has 0 aliphatic heterocycles. The van der Waals surface area contributed by atoms with Crippen LogP contribution in [0.1, 0.15) is 26.3 Å². The minimum atomic E-state index is -0.321. The van der Waals surface area contributed by atoms with Crippen LogP contribution in [0.4, 0.5) is 10.1 Å². The number of carbonyl (C=O) groups excluding carboxylic acids is 2. The molecular formula is C22H19FN2O3. The summed E-state index contributed by atoms with van der Waals surface area (Å²) in [7, 11) is 1.56. The molecule has 2 N–H and O–H groups in total. The zero-order chi connectivity index (χ0) is 19.9. The van der Waals surface area contributed by atoms with E-state index in [9.17, 15) is 14.0 Å². The fourth-order valence-corrected chi connectivity index (χ4v) is 2.56. The van der Waals surface area contributed by atoms with E-state index in [0.717, 1.165) is 5.56 Å². The number of ether oxygens (including phenoxy) is 1. The van der Waals surface area contributed by atoms with Gasteiger partial charge >= 0.3 is 0 Å². The summed E-state index contributed by atoms with van der Waals surface area (Å²) < 4.78 is 18.0. The van der Waals surface area contributed by atoms with Gasteiger partial charge < -0.3 is 15.4 Å². The maximum absolute atomic E-state index is 12.9. The first-order chi connectivity index (χ1) is 13.5. The molecule has 0 heterocycles. The summed E-state index contributed by atoms with van der Waals surface area (Å²) in [6.07, 6.45) is 0. The van der Waals surface area contributed by atoms with Crippen LogP contribution >= 0.6 is 0 Å². The van der Waals surface area contributed by atoms with Crippen molar-refractivity contribution in [2.45, 2.75) is 6.54 Å². The Morgan fingerprint density at radius 2 is 1.54 bits per heavy atom. The van der Waals surface area contributed by atoms with E-state index in [1.165, 1.54) is 12.1 Å². The van der Waals surface area contributed by atoms with Gasteiger partial charge in [0.15, 0.2) is 0 Å². The fraction of sp³-hybridized carbons (Fsp3) is 0.0909. The summed E-state index contributed by atoms with van der Waals surface area (Å²) >= 11 is 0. The summed E-state index contributed by atoms with van der Waals surface area (Å²) in [4.78, 5) is 24.6. The van der Waals surface area contributed by atoms with Crippen molar-refractivity contribution in [3.63, 3.8) is 0 Å². The highest BCUT2D eigenvalue weighted by atomic mass is 19.1. The van der Waals surface area contributed by atoms with Gasteiger partial charge in [0.2, 0.25) is 0 Å². The van der Waals surface area contributed by atoms with Crippen LogP contribution in [-0.2, 0) is 6.54 Å². The van der Waals surface area contributed by atoms with Crippen LogP contribution < -0.4 is 15.4 Å². The molecule has 2 amide bonds. The molecule has 5 nitrogen and oxygen atoms in total.